The summed E-state index contributed by atoms with van der Waals surface area (Å²) < 4.78 is 0. The van der Waals surface area contributed by atoms with Crippen LogP contribution in [0, 0.1) is 0 Å². The maximum Gasteiger partial charge on any atom is 0.124 e. The minimum absolute atomic E-state index is 0.313. The Labute approximate surface area is 151 Å². The number of hydrogen-bond acceptors (Lipinski definition) is 1. The molecule has 25 heavy (non-hydrogen) atoms. The van der Waals surface area contributed by atoms with Gasteiger partial charge in [0.2, 0.25) is 0 Å². The fourth-order valence-electron chi connectivity index (χ4n) is 3.64. The van der Waals surface area contributed by atoms with Gasteiger partial charge in [0.05, 0.1) is 0 Å². The number of hydrogen-bond donors (Lipinski definition) is 1. The molecule has 0 amide bonds. The normalized spacial score (nSPS) is 11.0. The molecule has 1 nitrogen and oxygen atoms in total. The van der Waals surface area contributed by atoms with Gasteiger partial charge in [0.1, 0.15) is 5.75 Å². The lowest BCUT2D eigenvalue weighted by Crippen LogP contribution is -2.02. The number of rotatable bonds is 5. The third-order valence-electron chi connectivity index (χ3n) is 4.65. The van der Waals surface area contributed by atoms with Crippen molar-refractivity contribution in [3.8, 4) is 28.0 Å². The molecule has 0 heterocycles. The summed E-state index contributed by atoms with van der Waals surface area (Å²) in [7, 11) is 0. The molecule has 0 atom stereocenters. The third-order valence-corrected chi connectivity index (χ3v) is 4.65. The molecule has 0 aliphatic heterocycles. The number of phenolic OH excluding ortho intramolecular Hbond substituents is 1. The fraction of sp³-hybridized carbons (Fsp3) is 0.250. The third kappa shape index (κ3) is 3.46. The highest BCUT2D eigenvalue weighted by Crippen LogP contribution is 2.44. The Hall–Kier alpha value is -2.54. The largest absolute Gasteiger partial charge is 0.507 e. The van der Waals surface area contributed by atoms with Gasteiger partial charge in [-0.05, 0) is 46.2 Å². The van der Waals surface area contributed by atoms with E-state index in [-0.39, 0.29) is 0 Å². The first-order valence-corrected chi connectivity index (χ1v) is 9.13. The van der Waals surface area contributed by atoms with Gasteiger partial charge in [-0.2, -0.15) is 0 Å². The Morgan fingerprint density at radius 1 is 0.800 bits per heavy atom. The van der Waals surface area contributed by atoms with Gasteiger partial charge >= 0.3 is 0 Å². The molecule has 0 aromatic heterocycles. The van der Waals surface area contributed by atoms with Crippen LogP contribution in [-0.2, 0) is 6.42 Å². The van der Waals surface area contributed by atoms with E-state index >= 15 is 0 Å². The molecule has 0 bridgehead atoms. The Kier molecular flexibility index (Phi) is 5.23. The van der Waals surface area contributed by atoms with E-state index in [1.165, 1.54) is 22.3 Å². The summed E-state index contributed by atoms with van der Waals surface area (Å²) in [6.45, 7) is 6.61. The standard InChI is InChI=1S/C24H26O/c1-4-11-20-16-21(25)24(19-14-9-6-10-15-19)22(17(2)3)23(20)18-12-7-5-8-13-18/h5-10,12-17,25H,4,11H2,1-3H3. The summed E-state index contributed by atoms with van der Waals surface area (Å²) in [4.78, 5) is 0. The van der Waals surface area contributed by atoms with Crippen molar-refractivity contribution in [2.75, 3.05) is 0 Å². The van der Waals surface area contributed by atoms with Crippen molar-refractivity contribution in [1.29, 1.82) is 0 Å². The van der Waals surface area contributed by atoms with Crippen molar-refractivity contribution in [2.24, 2.45) is 0 Å². The zero-order valence-corrected chi connectivity index (χ0v) is 15.3. The molecule has 0 spiro atoms. The van der Waals surface area contributed by atoms with Gasteiger partial charge in [0, 0.05) is 5.56 Å². The molecular weight excluding hydrogens is 304 g/mol. The number of aromatic hydroxyl groups is 1. The molecule has 0 unspecified atom stereocenters. The Balaban J connectivity index is 2.38. The Morgan fingerprint density at radius 3 is 1.80 bits per heavy atom. The second-order valence-electron chi connectivity index (χ2n) is 6.86. The maximum atomic E-state index is 10.9. The zero-order chi connectivity index (χ0) is 17.8. The van der Waals surface area contributed by atoms with Crippen LogP contribution in [0.4, 0.5) is 0 Å². The summed E-state index contributed by atoms with van der Waals surface area (Å²) >= 11 is 0. The quantitative estimate of drug-likeness (QED) is 0.545. The molecule has 1 heteroatoms. The van der Waals surface area contributed by atoms with E-state index < -0.39 is 0 Å². The van der Waals surface area contributed by atoms with E-state index in [0.717, 1.165) is 24.0 Å². The molecule has 3 rings (SSSR count). The fourth-order valence-corrected chi connectivity index (χ4v) is 3.64. The van der Waals surface area contributed by atoms with Gasteiger partial charge in [-0.15, -0.1) is 0 Å². The summed E-state index contributed by atoms with van der Waals surface area (Å²) in [5, 5.41) is 10.9. The lowest BCUT2D eigenvalue weighted by molar-refractivity contribution is 0.475. The Bertz CT molecular complexity index is 833. The van der Waals surface area contributed by atoms with Gasteiger partial charge in [0.25, 0.3) is 0 Å². The average molecular weight is 330 g/mol. The van der Waals surface area contributed by atoms with Crippen molar-refractivity contribution in [2.45, 2.75) is 39.5 Å². The van der Waals surface area contributed by atoms with Crippen molar-refractivity contribution in [3.05, 3.63) is 77.9 Å². The molecule has 3 aromatic rings. The van der Waals surface area contributed by atoms with Crippen LogP contribution in [0.1, 0.15) is 44.2 Å². The van der Waals surface area contributed by atoms with E-state index in [9.17, 15) is 5.11 Å². The van der Waals surface area contributed by atoms with E-state index in [1.54, 1.807) is 0 Å². The van der Waals surface area contributed by atoms with Crippen LogP contribution in [0.15, 0.2) is 66.7 Å². The van der Waals surface area contributed by atoms with Gasteiger partial charge in [-0.1, -0.05) is 87.9 Å². The van der Waals surface area contributed by atoms with Crippen LogP contribution >= 0.6 is 0 Å². The SMILES string of the molecule is CCCc1cc(O)c(-c2ccccc2)c(C(C)C)c1-c1ccccc1. The van der Waals surface area contributed by atoms with Crippen LogP contribution in [0.3, 0.4) is 0 Å². The van der Waals surface area contributed by atoms with E-state index in [1.807, 2.05) is 24.3 Å². The molecule has 0 saturated carbocycles. The van der Waals surface area contributed by atoms with Crippen molar-refractivity contribution < 1.29 is 5.11 Å². The van der Waals surface area contributed by atoms with Crippen LogP contribution in [-0.4, -0.2) is 5.11 Å². The second-order valence-corrected chi connectivity index (χ2v) is 6.86. The number of phenols is 1. The summed E-state index contributed by atoms with van der Waals surface area (Å²) in [5.74, 6) is 0.700. The number of benzene rings is 3. The topological polar surface area (TPSA) is 20.2 Å². The van der Waals surface area contributed by atoms with Gasteiger partial charge in [-0.3, -0.25) is 0 Å². The molecule has 0 aliphatic carbocycles. The zero-order valence-electron chi connectivity index (χ0n) is 15.3. The minimum atomic E-state index is 0.313. The highest BCUT2D eigenvalue weighted by atomic mass is 16.3. The van der Waals surface area contributed by atoms with Crippen LogP contribution < -0.4 is 0 Å². The first-order chi connectivity index (χ1) is 12.1. The van der Waals surface area contributed by atoms with E-state index in [0.29, 0.717) is 11.7 Å². The highest BCUT2D eigenvalue weighted by Gasteiger charge is 2.21. The van der Waals surface area contributed by atoms with Gasteiger partial charge in [-0.25, -0.2) is 0 Å². The van der Waals surface area contributed by atoms with Crippen LogP contribution in [0.5, 0.6) is 5.75 Å². The summed E-state index contributed by atoms with van der Waals surface area (Å²) in [6, 6.07) is 22.8. The van der Waals surface area contributed by atoms with Gasteiger partial charge < -0.3 is 5.11 Å². The summed E-state index contributed by atoms with van der Waals surface area (Å²) in [6.07, 6.45) is 2.02. The number of aryl methyl sites for hydroxylation is 1. The molecule has 0 saturated heterocycles. The van der Waals surface area contributed by atoms with Crippen molar-refractivity contribution in [1.82, 2.24) is 0 Å². The van der Waals surface area contributed by atoms with Crippen molar-refractivity contribution in [3.63, 3.8) is 0 Å². The van der Waals surface area contributed by atoms with E-state index in [4.69, 9.17) is 0 Å². The molecule has 3 aromatic carbocycles. The van der Waals surface area contributed by atoms with Gasteiger partial charge in [0.15, 0.2) is 0 Å². The minimum Gasteiger partial charge on any atom is -0.507 e. The van der Waals surface area contributed by atoms with Crippen molar-refractivity contribution >= 4 is 0 Å². The maximum absolute atomic E-state index is 10.9. The molecule has 0 fully saturated rings. The first kappa shape index (κ1) is 17.3. The molecule has 128 valence electrons. The molecule has 0 aliphatic rings. The second kappa shape index (κ2) is 7.57. The predicted molar refractivity (Wildman–Crippen MR) is 107 cm³/mol. The molecule has 0 radical (unpaired) electrons. The van der Waals surface area contributed by atoms with Crippen LogP contribution in [0.25, 0.3) is 22.3 Å². The van der Waals surface area contributed by atoms with Crippen LogP contribution in [0.2, 0.25) is 0 Å². The lowest BCUT2D eigenvalue weighted by Gasteiger charge is -2.23. The average Bonchev–Trinajstić information content (AvgIpc) is 2.63. The predicted octanol–water partition coefficient (Wildman–Crippen LogP) is 6.80. The summed E-state index contributed by atoms with van der Waals surface area (Å²) in [5.41, 5.74) is 7.02. The smallest absolute Gasteiger partial charge is 0.124 e. The highest BCUT2D eigenvalue weighted by molar-refractivity contribution is 5.85. The van der Waals surface area contributed by atoms with E-state index in [2.05, 4.69) is 63.2 Å². The first-order valence-electron chi connectivity index (χ1n) is 9.13. The molecule has 1 N–H and O–H groups in total. The monoisotopic (exact) mass is 330 g/mol. The Morgan fingerprint density at radius 2 is 1.32 bits per heavy atom. The lowest BCUT2D eigenvalue weighted by atomic mass is 9.81. The molecular formula is C24H26O.